The summed E-state index contributed by atoms with van der Waals surface area (Å²) in [5, 5.41) is 0. The predicted molar refractivity (Wildman–Crippen MR) is 108 cm³/mol. The van der Waals surface area contributed by atoms with Gasteiger partial charge < -0.3 is 9.42 Å². The Labute approximate surface area is 172 Å². The van der Waals surface area contributed by atoms with Crippen LogP contribution < -0.4 is 4.52 Å². The summed E-state index contributed by atoms with van der Waals surface area (Å²) in [6, 6.07) is 13.1. The number of hydrogen-bond acceptors (Lipinski definition) is 3. The molecule has 0 heterocycles. The average molecular weight is 530 g/mol. The normalized spacial score (nSPS) is 13.6. The van der Waals surface area contributed by atoms with Gasteiger partial charge in [-0.2, -0.15) is 8.78 Å². The molecule has 3 nitrogen and oxygen atoms in total. The maximum atomic E-state index is 12.4. The van der Waals surface area contributed by atoms with Crippen molar-refractivity contribution in [1.29, 1.82) is 0 Å². The van der Waals surface area contributed by atoms with Gasteiger partial charge in [0.1, 0.15) is 5.75 Å². The molecule has 142 valence electrons. The Bertz CT molecular complexity index is 775. The summed E-state index contributed by atoms with van der Waals surface area (Å²) in [7, 11) is -4.96. The fraction of sp³-hybridized carbons (Fsp3) is 0.294. The van der Waals surface area contributed by atoms with Crippen molar-refractivity contribution in [1.82, 2.24) is 0 Å². The molecule has 2 aromatic carbocycles. The van der Waals surface area contributed by atoms with Gasteiger partial charge in [-0.3, -0.25) is 0 Å². The van der Waals surface area contributed by atoms with Gasteiger partial charge in [0, 0.05) is 9.37 Å². The second-order valence-corrected chi connectivity index (χ2v) is 10.1. The summed E-state index contributed by atoms with van der Waals surface area (Å²) in [6.45, 7) is 0. The zero-order valence-corrected chi connectivity index (χ0v) is 18.5. The minimum Gasteiger partial charge on any atom is -0.420 e. The van der Waals surface area contributed by atoms with E-state index in [9.17, 15) is 13.3 Å². The van der Waals surface area contributed by atoms with Crippen molar-refractivity contribution in [2.45, 2.75) is 30.3 Å². The van der Waals surface area contributed by atoms with Gasteiger partial charge >= 0.3 is 13.8 Å². The lowest BCUT2D eigenvalue weighted by atomic mass is 10.1. The van der Waals surface area contributed by atoms with Gasteiger partial charge in [0.2, 0.25) is 0 Å². The minimum absolute atomic E-state index is 0.0642. The first kappa shape index (κ1) is 21.9. The Morgan fingerprint density at radius 2 is 1.81 bits per heavy atom. The summed E-state index contributed by atoms with van der Waals surface area (Å²) < 4.78 is 42.1. The van der Waals surface area contributed by atoms with E-state index in [0.29, 0.717) is 4.47 Å². The van der Waals surface area contributed by atoms with Gasteiger partial charge in [0.05, 0.1) is 4.47 Å². The monoisotopic (exact) mass is 528 g/mol. The lowest BCUT2D eigenvalue weighted by Crippen LogP contribution is -2.01. The predicted octanol–water partition coefficient (Wildman–Crippen LogP) is 7.11. The summed E-state index contributed by atoms with van der Waals surface area (Å²) in [5.41, 5.74) is 1.00. The molecule has 0 aliphatic rings. The zero-order valence-electron chi connectivity index (χ0n) is 13.6. The minimum atomic E-state index is -4.96. The molecule has 0 aliphatic heterocycles. The molecule has 2 aromatic rings. The molecule has 1 N–H and O–H groups in total. The van der Waals surface area contributed by atoms with Gasteiger partial charge in [-0.1, -0.05) is 22.0 Å². The quantitative estimate of drug-likeness (QED) is 0.213. The molecule has 0 saturated carbocycles. The van der Waals surface area contributed by atoms with E-state index in [1.165, 1.54) is 11.0 Å². The van der Waals surface area contributed by atoms with Crippen LogP contribution in [0.4, 0.5) is 8.78 Å². The molecule has 0 bridgehead atoms. The van der Waals surface area contributed by atoms with Gasteiger partial charge in [0.25, 0.3) is 0 Å². The Kier molecular flexibility index (Phi) is 8.61. The Morgan fingerprint density at radius 3 is 2.42 bits per heavy atom. The molecule has 26 heavy (non-hydrogen) atoms. The molecule has 0 spiro atoms. The second kappa shape index (κ2) is 10.2. The van der Waals surface area contributed by atoms with Crippen LogP contribution in [0.2, 0.25) is 0 Å². The number of hydrogen-bond donors (Lipinski definition) is 1. The molecule has 9 heteroatoms. The molecule has 0 aliphatic carbocycles. The fourth-order valence-corrected chi connectivity index (χ4v) is 4.44. The number of rotatable bonds is 9. The summed E-state index contributed by atoms with van der Waals surface area (Å²) >= 11 is 8.41. The first-order valence-electron chi connectivity index (χ1n) is 7.75. The largest absolute Gasteiger partial charge is 0.442 e. The van der Waals surface area contributed by atoms with Gasteiger partial charge in [-0.25, -0.2) is 4.57 Å². The van der Waals surface area contributed by atoms with Crippen molar-refractivity contribution < 1.29 is 22.8 Å². The van der Waals surface area contributed by atoms with Crippen LogP contribution in [0.25, 0.3) is 0 Å². The van der Waals surface area contributed by atoms with Gasteiger partial charge in [-0.15, -0.1) is 11.8 Å². The van der Waals surface area contributed by atoms with Crippen molar-refractivity contribution in [3.63, 3.8) is 0 Å². The molecule has 0 amide bonds. The highest BCUT2D eigenvalue weighted by Crippen LogP contribution is 2.50. The SMILES string of the molecule is O=P(O)(Oc1ccc(CCCCSc2ccc(Br)cc2)cc1Br)C(F)F. The van der Waals surface area contributed by atoms with Crippen LogP contribution >= 0.6 is 51.2 Å². The molecule has 2 rings (SSSR count). The lowest BCUT2D eigenvalue weighted by molar-refractivity contribution is 0.188. The highest BCUT2D eigenvalue weighted by atomic mass is 79.9. The summed E-state index contributed by atoms with van der Waals surface area (Å²) in [5.74, 6) is 0.942. The number of aryl methyl sites for hydroxylation is 1. The summed E-state index contributed by atoms with van der Waals surface area (Å²) in [4.78, 5) is 10.3. The highest BCUT2D eigenvalue weighted by molar-refractivity contribution is 9.10. The van der Waals surface area contributed by atoms with Crippen LogP contribution in [0.15, 0.2) is 56.3 Å². The molecule has 0 fully saturated rings. The van der Waals surface area contributed by atoms with Crippen LogP contribution in [-0.4, -0.2) is 16.8 Å². The van der Waals surface area contributed by atoms with Crippen molar-refractivity contribution in [3.8, 4) is 5.75 Å². The number of benzene rings is 2. The molecular weight excluding hydrogens is 513 g/mol. The van der Waals surface area contributed by atoms with Gasteiger partial charge in [0.15, 0.2) is 0 Å². The zero-order chi connectivity index (χ0) is 19.2. The number of halogens is 4. The molecule has 1 atom stereocenters. The van der Waals surface area contributed by atoms with E-state index >= 15 is 0 Å². The van der Waals surface area contributed by atoms with Crippen LogP contribution in [0.5, 0.6) is 5.75 Å². The van der Waals surface area contributed by atoms with Crippen LogP contribution in [0.3, 0.4) is 0 Å². The lowest BCUT2D eigenvalue weighted by Gasteiger charge is -2.14. The molecular formula is C17H17Br2F2O3PS. The van der Waals surface area contributed by atoms with E-state index in [-0.39, 0.29) is 5.75 Å². The van der Waals surface area contributed by atoms with Crippen molar-refractivity contribution in [2.75, 3.05) is 5.75 Å². The molecule has 0 radical (unpaired) electrons. The topological polar surface area (TPSA) is 46.5 Å². The van der Waals surface area contributed by atoms with E-state index in [4.69, 9.17) is 4.89 Å². The first-order valence-corrected chi connectivity index (χ1v) is 12.0. The highest BCUT2D eigenvalue weighted by Gasteiger charge is 2.34. The number of thioether (sulfide) groups is 1. The maximum Gasteiger partial charge on any atom is 0.442 e. The van der Waals surface area contributed by atoms with E-state index in [1.807, 2.05) is 12.1 Å². The Hall–Kier alpha value is -0.400. The fourth-order valence-electron chi connectivity index (χ4n) is 2.11. The smallest absolute Gasteiger partial charge is 0.420 e. The van der Waals surface area contributed by atoms with Crippen LogP contribution in [0, 0.1) is 0 Å². The van der Waals surface area contributed by atoms with Gasteiger partial charge in [-0.05, 0) is 82.9 Å². The van der Waals surface area contributed by atoms with Crippen LogP contribution in [-0.2, 0) is 11.0 Å². The molecule has 1 unspecified atom stereocenters. The number of alkyl halides is 2. The van der Waals surface area contributed by atoms with Crippen LogP contribution in [0.1, 0.15) is 18.4 Å². The Balaban J connectivity index is 1.78. The third kappa shape index (κ3) is 6.97. The Morgan fingerprint density at radius 1 is 1.12 bits per heavy atom. The standard InChI is InChI=1S/C17H17Br2F2O3PS/c18-13-5-7-14(8-6-13)26-10-2-1-3-12-4-9-16(15(19)11-12)24-25(22,23)17(20)21/h4-9,11,17H,1-3,10H2,(H,22,23). The first-order chi connectivity index (χ1) is 12.3. The van der Waals surface area contributed by atoms with Crippen molar-refractivity contribution >= 4 is 51.2 Å². The third-order valence-corrected chi connectivity index (χ3v) is 6.61. The summed E-state index contributed by atoms with van der Waals surface area (Å²) in [6.07, 6.45) is -0.595. The molecule has 0 aromatic heterocycles. The third-order valence-electron chi connectivity index (χ3n) is 3.41. The van der Waals surface area contributed by atoms with Crippen molar-refractivity contribution in [3.05, 3.63) is 57.0 Å². The number of unbranched alkanes of at least 4 members (excludes halogenated alkanes) is 1. The molecule has 0 saturated heterocycles. The van der Waals surface area contributed by atoms with E-state index in [0.717, 1.165) is 35.1 Å². The van der Waals surface area contributed by atoms with E-state index < -0.39 is 13.8 Å². The second-order valence-electron chi connectivity index (χ2n) is 5.46. The van der Waals surface area contributed by atoms with E-state index in [1.54, 1.807) is 23.9 Å². The van der Waals surface area contributed by atoms with E-state index in [2.05, 4.69) is 48.5 Å². The maximum absolute atomic E-state index is 12.4. The van der Waals surface area contributed by atoms with Crippen molar-refractivity contribution in [2.24, 2.45) is 0 Å². The average Bonchev–Trinajstić information content (AvgIpc) is 2.58.